The lowest BCUT2D eigenvalue weighted by Gasteiger charge is -2.19. The number of imide groups is 1. The molecule has 1 heterocycles. The van der Waals surface area contributed by atoms with Crippen molar-refractivity contribution < 1.29 is 28.7 Å². The van der Waals surface area contributed by atoms with E-state index in [0.717, 1.165) is 6.42 Å². The number of anilines is 1. The van der Waals surface area contributed by atoms with Crippen LogP contribution >= 0.6 is 0 Å². The molecular formula is C20H27N3O6. The largest absolute Gasteiger partial charge is 0.495 e. The predicted molar refractivity (Wildman–Crippen MR) is 105 cm³/mol. The van der Waals surface area contributed by atoms with Gasteiger partial charge in [-0.3, -0.25) is 19.7 Å². The fourth-order valence-corrected chi connectivity index (χ4v) is 2.89. The number of carbonyl (C=O) groups is 4. The molecule has 1 saturated heterocycles. The monoisotopic (exact) mass is 405 g/mol. The third kappa shape index (κ3) is 6.48. The second-order valence-electron chi connectivity index (χ2n) is 7.17. The summed E-state index contributed by atoms with van der Waals surface area (Å²) >= 11 is 0. The van der Waals surface area contributed by atoms with Gasteiger partial charge in [0.25, 0.3) is 5.91 Å². The second-order valence-corrected chi connectivity index (χ2v) is 7.17. The molecule has 0 unspecified atom stereocenters. The number of nitrogens with one attached hydrogen (secondary N) is 2. The molecule has 0 saturated carbocycles. The number of hydrogen-bond donors (Lipinski definition) is 2. The maximum Gasteiger partial charge on any atom is 0.321 e. The van der Waals surface area contributed by atoms with Crippen LogP contribution in [0.4, 0.5) is 10.5 Å². The first kappa shape index (κ1) is 22.2. The maximum absolute atomic E-state index is 12.3. The van der Waals surface area contributed by atoms with E-state index in [2.05, 4.69) is 10.6 Å². The fourth-order valence-electron chi connectivity index (χ4n) is 2.89. The lowest BCUT2D eigenvalue weighted by Crippen LogP contribution is -2.42. The van der Waals surface area contributed by atoms with Crippen LogP contribution in [0.3, 0.4) is 0 Å². The molecule has 2 rings (SSSR count). The van der Waals surface area contributed by atoms with E-state index in [1.54, 1.807) is 24.3 Å². The van der Waals surface area contributed by atoms with Crippen LogP contribution in [0.15, 0.2) is 24.3 Å². The van der Waals surface area contributed by atoms with Crippen molar-refractivity contribution in [2.75, 3.05) is 31.7 Å². The summed E-state index contributed by atoms with van der Waals surface area (Å²) in [5.41, 5.74) is 0.575. The highest BCUT2D eigenvalue weighted by Crippen LogP contribution is 2.33. The van der Waals surface area contributed by atoms with Crippen LogP contribution in [-0.2, 0) is 19.1 Å². The number of rotatable bonds is 8. The van der Waals surface area contributed by atoms with E-state index in [9.17, 15) is 19.2 Å². The van der Waals surface area contributed by atoms with Gasteiger partial charge in [0.2, 0.25) is 5.91 Å². The molecule has 9 nitrogen and oxygen atoms in total. The highest BCUT2D eigenvalue weighted by atomic mass is 16.5. The summed E-state index contributed by atoms with van der Waals surface area (Å²) in [5, 5.41) is 4.65. The van der Waals surface area contributed by atoms with Crippen molar-refractivity contribution in [3.63, 3.8) is 0 Å². The first-order chi connectivity index (χ1) is 13.8. The number of amides is 4. The molecule has 0 bridgehead atoms. The highest BCUT2D eigenvalue weighted by molar-refractivity contribution is 6.01. The fraction of sp³-hybridized carbons (Fsp3) is 0.500. The van der Waals surface area contributed by atoms with E-state index >= 15 is 0 Å². The number of methoxy groups -OCH3 is 1. The van der Waals surface area contributed by atoms with Crippen molar-refractivity contribution in [1.29, 1.82) is 0 Å². The van der Waals surface area contributed by atoms with Crippen LogP contribution in [0.1, 0.15) is 26.7 Å². The number of urea groups is 1. The summed E-state index contributed by atoms with van der Waals surface area (Å²) in [7, 11) is 1.50. The van der Waals surface area contributed by atoms with Gasteiger partial charge in [0.05, 0.1) is 18.7 Å². The van der Waals surface area contributed by atoms with Crippen molar-refractivity contribution in [3.8, 4) is 5.75 Å². The van der Waals surface area contributed by atoms with Crippen molar-refractivity contribution in [3.05, 3.63) is 24.3 Å². The number of carbonyl (C=O) groups excluding carboxylic acids is 4. The molecule has 158 valence electrons. The van der Waals surface area contributed by atoms with Gasteiger partial charge in [0, 0.05) is 19.5 Å². The number of ether oxygens (including phenoxy) is 2. The number of para-hydroxylation sites is 2. The van der Waals surface area contributed by atoms with Crippen LogP contribution in [0, 0.1) is 11.8 Å². The molecule has 0 aliphatic carbocycles. The third-order valence-corrected chi connectivity index (χ3v) is 4.44. The van der Waals surface area contributed by atoms with Gasteiger partial charge < -0.3 is 19.7 Å². The first-order valence-corrected chi connectivity index (χ1v) is 9.49. The molecule has 1 atom stereocenters. The van der Waals surface area contributed by atoms with Crippen LogP contribution in [-0.4, -0.2) is 50.6 Å². The summed E-state index contributed by atoms with van der Waals surface area (Å²) in [5.74, 6) is -1.36. The van der Waals surface area contributed by atoms with Crippen molar-refractivity contribution in [2.24, 2.45) is 11.8 Å². The number of nitrogens with zero attached hydrogens (tertiary/aromatic N) is 1. The minimum absolute atomic E-state index is 0.0197. The Bertz CT molecular complexity index is 764. The summed E-state index contributed by atoms with van der Waals surface area (Å²) in [6, 6.07) is 6.38. The number of hydrogen-bond acceptors (Lipinski definition) is 6. The molecule has 9 heteroatoms. The average molecular weight is 405 g/mol. The Labute approximate surface area is 169 Å². The van der Waals surface area contributed by atoms with Gasteiger partial charge in [-0.25, -0.2) is 4.79 Å². The normalized spacial score (nSPS) is 15.9. The molecule has 0 radical (unpaired) electrons. The minimum Gasteiger partial charge on any atom is -0.495 e. The molecule has 0 spiro atoms. The Morgan fingerprint density at radius 3 is 2.66 bits per heavy atom. The zero-order chi connectivity index (χ0) is 21.4. The van der Waals surface area contributed by atoms with E-state index in [0.29, 0.717) is 23.9 Å². The molecule has 2 N–H and O–H groups in total. The Balaban J connectivity index is 1.80. The zero-order valence-corrected chi connectivity index (χ0v) is 16.9. The number of esters is 1. The lowest BCUT2D eigenvalue weighted by atomic mass is 10.1. The van der Waals surface area contributed by atoms with E-state index in [1.807, 2.05) is 13.8 Å². The Morgan fingerprint density at radius 2 is 1.97 bits per heavy atom. The van der Waals surface area contributed by atoms with Crippen LogP contribution in [0.25, 0.3) is 0 Å². The van der Waals surface area contributed by atoms with Gasteiger partial charge in [0.15, 0.2) is 6.61 Å². The third-order valence-electron chi connectivity index (χ3n) is 4.44. The molecule has 1 aromatic rings. The van der Waals surface area contributed by atoms with E-state index < -0.39 is 30.4 Å². The van der Waals surface area contributed by atoms with E-state index in [4.69, 9.17) is 9.47 Å². The second kappa shape index (κ2) is 10.4. The van der Waals surface area contributed by atoms with Gasteiger partial charge in [-0.05, 0) is 24.5 Å². The maximum atomic E-state index is 12.3. The topological polar surface area (TPSA) is 114 Å². The Kier molecular flexibility index (Phi) is 7.99. The highest BCUT2D eigenvalue weighted by Gasteiger charge is 2.37. The SMILES string of the molecule is COc1ccccc1N1C[C@@H](C(=O)OCC(=O)NC(=O)NCCC(C)C)CC1=O. The summed E-state index contributed by atoms with van der Waals surface area (Å²) < 4.78 is 10.2. The molecule has 1 fully saturated rings. The van der Waals surface area contributed by atoms with E-state index in [1.165, 1.54) is 12.0 Å². The van der Waals surface area contributed by atoms with Gasteiger partial charge in [-0.15, -0.1) is 0 Å². The molecule has 29 heavy (non-hydrogen) atoms. The van der Waals surface area contributed by atoms with Gasteiger partial charge in [-0.2, -0.15) is 0 Å². The lowest BCUT2D eigenvalue weighted by molar-refractivity contribution is -0.152. The van der Waals surface area contributed by atoms with Gasteiger partial charge >= 0.3 is 12.0 Å². The van der Waals surface area contributed by atoms with Crippen molar-refractivity contribution in [2.45, 2.75) is 26.7 Å². The summed E-state index contributed by atoms with van der Waals surface area (Å²) in [6.07, 6.45) is 0.767. The van der Waals surface area contributed by atoms with Crippen molar-refractivity contribution in [1.82, 2.24) is 10.6 Å². The standard InChI is InChI=1S/C20H27N3O6/c1-13(2)8-9-21-20(27)22-17(24)12-29-19(26)14-10-18(25)23(11-14)15-6-4-5-7-16(15)28-3/h4-7,13-14H,8-12H2,1-3H3,(H2,21,22,24,27)/t14-/m0/s1. The molecule has 1 aliphatic rings. The predicted octanol–water partition coefficient (Wildman–Crippen LogP) is 1.46. The molecule has 1 aliphatic heterocycles. The van der Waals surface area contributed by atoms with Crippen LogP contribution < -0.4 is 20.3 Å². The first-order valence-electron chi connectivity index (χ1n) is 9.49. The Morgan fingerprint density at radius 1 is 1.24 bits per heavy atom. The Hall–Kier alpha value is -3.10. The smallest absolute Gasteiger partial charge is 0.321 e. The quantitative estimate of drug-likeness (QED) is 0.633. The number of benzene rings is 1. The molecular weight excluding hydrogens is 378 g/mol. The van der Waals surface area contributed by atoms with Crippen LogP contribution in [0.5, 0.6) is 5.75 Å². The zero-order valence-electron chi connectivity index (χ0n) is 16.9. The van der Waals surface area contributed by atoms with E-state index in [-0.39, 0.29) is 18.9 Å². The summed E-state index contributed by atoms with van der Waals surface area (Å²) in [6.45, 7) is 4.03. The molecule has 0 aromatic heterocycles. The van der Waals surface area contributed by atoms with Gasteiger partial charge in [0.1, 0.15) is 5.75 Å². The average Bonchev–Trinajstić information content (AvgIpc) is 3.07. The van der Waals surface area contributed by atoms with Crippen LogP contribution in [0.2, 0.25) is 0 Å². The molecule has 1 aromatic carbocycles. The molecule has 4 amide bonds. The van der Waals surface area contributed by atoms with Crippen molar-refractivity contribution >= 4 is 29.5 Å². The summed E-state index contributed by atoms with van der Waals surface area (Å²) in [4.78, 5) is 49.4. The minimum atomic E-state index is -0.730. The van der Waals surface area contributed by atoms with Gasteiger partial charge in [-0.1, -0.05) is 26.0 Å².